The second kappa shape index (κ2) is 4.99. The molecule has 16 heavy (non-hydrogen) atoms. The van der Waals surface area contributed by atoms with E-state index in [4.69, 9.17) is 10.2 Å². The van der Waals surface area contributed by atoms with Crippen molar-refractivity contribution in [3.8, 4) is 0 Å². The molecular formula is C14H17NO. The third kappa shape index (κ3) is 2.52. The van der Waals surface area contributed by atoms with Crippen LogP contribution in [0.4, 0.5) is 0 Å². The summed E-state index contributed by atoms with van der Waals surface area (Å²) in [7, 11) is 0. The largest absolute Gasteiger partial charge is 0.469 e. The Labute approximate surface area is 96.1 Å². The Hall–Kier alpha value is -1.54. The van der Waals surface area contributed by atoms with Gasteiger partial charge in [0.2, 0.25) is 0 Å². The molecule has 1 aromatic carbocycles. The molecule has 0 saturated carbocycles. The van der Waals surface area contributed by atoms with Gasteiger partial charge in [-0.05, 0) is 23.6 Å². The van der Waals surface area contributed by atoms with Crippen molar-refractivity contribution in [2.75, 3.05) is 0 Å². The van der Waals surface area contributed by atoms with E-state index in [9.17, 15) is 0 Å². The lowest BCUT2D eigenvalue weighted by molar-refractivity contribution is 0.410. The molecule has 2 unspecified atom stereocenters. The van der Waals surface area contributed by atoms with Crippen LogP contribution in [0.2, 0.25) is 0 Å². The average Bonchev–Trinajstić information content (AvgIpc) is 2.82. The first kappa shape index (κ1) is 11.0. The molecule has 1 aromatic heterocycles. The second-order valence-electron chi connectivity index (χ2n) is 4.20. The van der Waals surface area contributed by atoms with Crippen LogP contribution in [0.25, 0.3) is 0 Å². The van der Waals surface area contributed by atoms with Crippen molar-refractivity contribution in [1.82, 2.24) is 0 Å². The fourth-order valence-corrected chi connectivity index (χ4v) is 1.88. The highest BCUT2D eigenvalue weighted by atomic mass is 16.3. The third-order valence-corrected chi connectivity index (χ3v) is 2.90. The fraction of sp³-hybridized carbons (Fsp3) is 0.286. The highest BCUT2D eigenvalue weighted by Crippen LogP contribution is 2.22. The number of hydrogen-bond acceptors (Lipinski definition) is 2. The quantitative estimate of drug-likeness (QED) is 0.850. The monoisotopic (exact) mass is 215 g/mol. The van der Waals surface area contributed by atoms with Gasteiger partial charge in [0.15, 0.2) is 0 Å². The molecule has 0 aliphatic carbocycles. The Morgan fingerprint density at radius 2 is 1.88 bits per heavy atom. The number of furan rings is 1. The van der Waals surface area contributed by atoms with Crippen LogP contribution in [0.15, 0.2) is 53.1 Å². The topological polar surface area (TPSA) is 39.2 Å². The van der Waals surface area contributed by atoms with Crippen molar-refractivity contribution in [2.24, 2.45) is 11.7 Å². The first-order valence-electron chi connectivity index (χ1n) is 5.60. The van der Waals surface area contributed by atoms with Crippen LogP contribution >= 0.6 is 0 Å². The lowest BCUT2D eigenvalue weighted by Gasteiger charge is -2.19. The summed E-state index contributed by atoms with van der Waals surface area (Å²) < 4.78 is 5.33. The Kier molecular flexibility index (Phi) is 3.42. The molecule has 2 nitrogen and oxygen atoms in total. The Morgan fingerprint density at radius 1 is 1.12 bits per heavy atom. The van der Waals surface area contributed by atoms with Crippen LogP contribution < -0.4 is 5.73 Å². The fourth-order valence-electron chi connectivity index (χ4n) is 1.88. The van der Waals surface area contributed by atoms with Crippen LogP contribution in [0.1, 0.15) is 24.3 Å². The van der Waals surface area contributed by atoms with E-state index in [-0.39, 0.29) is 6.04 Å². The minimum absolute atomic E-state index is 0.0614. The van der Waals surface area contributed by atoms with E-state index in [2.05, 4.69) is 19.1 Å². The van der Waals surface area contributed by atoms with E-state index in [1.807, 2.05) is 30.3 Å². The normalized spacial score (nSPS) is 14.6. The Morgan fingerprint density at radius 3 is 2.50 bits per heavy atom. The van der Waals surface area contributed by atoms with E-state index in [1.165, 1.54) is 5.56 Å². The summed E-state index contributed by atoms with van der Waals surface area (Å²) >= 11 is 0. The SMILES string of the molecule is CC(Cc1ccco1)C(N)c1ccccc1. The van der Waals surface area contributed by atoms with Gasteiger partial charge in [0.1, 0.15) is 5.76 Å². The molecule has 0 aliphatic heterocycles. The summed E-state index contributed by atoms with van der Waals surface area (Å²) in [5.41, 5.74) is 7.40. The first-order chi connectivity index (χ1) is 7.77. The maximum Gasteiger partial charge on any atom is 0.104 e. The molecule has 2 atom stereocenters. The highest BCUT2D eigenvalue weighted by Gasteiger charge is 2.15. The van der Waals surface area contributed by atoms with Crippen molar-refractivity contribution in [3.05, 3.63) is 60.1 Å². The molecule has 2 rings (SSSR count). The zero-order valence-corrected chi connectivity index (χ0v) is 9.47. The van der Waals surface area contributed by atoms with Crippen molar-refractivity contribution in [3.63, 3.8) is 0 Å². The van der Waals surface area contributed by atoms with Gasteiger partial charge >= 0.3 is 0 Å². The standard InChI is InChI=1S/C14H17NO/c1-11(10-13-8-5-9-16-13)14(15)12-6-3-2-4-7-12/h2-9,11,14H,10,15H2,1H3. The van der Waals surface area contributed by atoms with Gasteiger partial charge in [0.25, 0.3) is 0 Å². The number of nitrogens with two attached hydrogens (primary N) is 1. The van der Waals surface area contributed by atoms with Gasteiger partial charge in [0.05, 0.1) is 6.26 Å². The van der Waals surface area contributed by atoms with Crippen molar-refractivity contribution < 1.29 is 4.42 Å². The molecule has 0 saturated heterocycles. The summed E-state index contributed by atoms with van der Waals surface area (Å²) in [5, 5.41) is 0. The van der Waals surface area contributed by atoms with Gasteiger partial charge in [-0.2, -0.15) is 0 Å². The van der Waals surface area contributed by atoms with Crippen LogP contribution in [-0.2, 0) is 6.42 Å². The zero-order valence-electron chi connectivity index (χ0n) is 9.47. The van der Waals surface area contributed by atoms with E-state index >= 15 is 0 Å². The van der Waals surface area contributed by atoms with Gasteiger partial charge in [0, 0.05) is 12.5 Å². The smallest absolute Gasteiger partial charge is 0.104 e. The molecule has 0 bridgehead atoms. The minimum Gasteiger partial charge on any atom is -0.469 e. The predicted octanol–water partition coefficient (Wildman–Crippen LogP) is 3.16. The minimum atomic E-state index is 0.0614. The third-order valence-electron chi connectivity index (χ3n) is 2.90. The highest BCUT2D eigenvalue weighted by molar-refractivity contribution is 5.19. The van der Waals surface area contributed by atoms with E-state index in [1.54, 1.807) is 6.26 Å². The summed E-state index contributed by atoms with van der Waals surface area (Å²) in [6.45, 7) is 2.15. The maximum atomic E-state index is 6.21. The number of rotatable bonds is 4. The second-order valence-corrected chi connectivity index (χ2v) is 4.20. The molecule has 0 fully saturated rings. The Balaban J connectivity index is 2.02. The predicted molar refractivity (Wildman–Crippen MR) is 64.9 cm³/mol. The molecule has 2 N–H and O–H groups in total. The summed E-state index contributed by atoms with van der Waals surface area (Å²) in [6.07, 6.45) is 2.58. The molecule has 1 heterocycles. The van der Waals surface area contributed by atoms with Crippen molar-refractivity contribution in [2.45, 2.75) is 19.4 Å². The molecule has 2 heteroatoms. The molecule has 0 spiro atoms. The lowest BCUT2D eigenvalue weighted by atomic mass is 9.92. The average molecular weight is 215 g/mol. The van der Waals surface area contributed by atoms with Gasteiger partial charge < -0.3 is 10.2 Å². The van der Waals surface area contributed by atoms with E-state index in [0.717, 1.165) is 12.2 Å². The van der Waals surface area contributed by atoms with E-state index < -0.39 is 0 Å². The maximum absolute atomic E-state index is 6.21. The van der Waals surface area contributed by atoms with E-state index in [0.29, 0.717) is 5.92 Å². The summed E-state index contributed by atoms with van der Waals surface area (Å²) in [5.74, 6) is 1.37. The van der Waals surface area contributed by atoms with Gasteiger partial charge in [-0.1, -0.05) is 37.3 Å². The van der Waals surface area contributed by atoms with Crippen LogP contribution in [-0.4, -0.2) is 0 Å². The lowest BCUT2D eigenvalue weighted by Crippen LogP contribution is -2.20. The van der Waals surface area contributed by atoms with Gasteiger partial charge in [-0.15, -0.1) is 0 Å². The summed E-state index contributed by atoms with van der Waals surface area (Å²) in [6, 6.07) is 14.2. The van der Waals surface area contributed by atoms with Gasteiger partial charge in [-0.25, -0.2) is 0 Å². The van der Waals surface area contributed by atoms with Crippen LogP contribution in [0.5, 0.6) is 0 Å². The van der Waals surface area contributed by atoms with Crippen molar-refractivity contribution >= 4 is 0 Å². The molecule has 0 aliphatic rings. The Bertz CT molecular complexity index is 408. The zero-order chi connectivity index (χ0) is 11.4. The van der Waals surface area contributed by atoms with Crippen LogP contribution in [0, 0.1) is 5.92 Å². The van der Waals surface area contributed by atoms with Crippen LogP contribution in [0.3, 0.4) is 0 Å². The van der Waals surface area contributed by atoms with Gasteiger partial charge in [-0.3, -0.25) is 0 Å². The molecule has 2 aromatic rings. The molecule has 0 amide bonds. The first-order valence-corrected chi connectivity index (χ1v) is 5.60. The number of hydrogen-bond donors (Lipinski definition) is 1. The number of benzene rings is 1. The molecule has 84 valence electrons. The summed E-state index contributed by atoms with van der Waals surface area (Å²) in [4.78, 5) is 0. The molecular weight excluding hydrogens is 198 g/mol. The molecule has 0 radical (unpaired) electrons. The van der Waals surface area contributed by atoms with Crippen molar-refractivity contribution in [1.29, 1.82) is 0 Å².